The van der Waals surface area contributed by atoms with Crippen LogP contribution in [0.2, 0.25) is 0 Å². The Hall–Kier alpha value is -5.53. The van der Waals surface area contributed by atoms with Crippen molar-refractivity contribution in [2.75, 3.05) is 0 Å². The van der Waals surface area contributed by atoms with Crippen molar-refractivity contribution < 1.29 is 0 Å². The van der Waals surface area contributed by atoms with Crippen LogP contribution < -0.4 is 10.8 Å². The number of fused-ring (bicyclic) bond motifs is 4. The van der Waals surface area contributed by atoms with E-state index in [0.717, 1.165) is 74.0 Å². The molecule has 0 N–H and O–H groups in total. The lowest BCUT2D eigenvalue weighted by Crippen LogP contribution is -2.37. The number of pyridine rings is 1. The van der Waals surface area contributed by atoms with Gasteiger partial charge in [0.1, 0.15) is 5.65 Å². The zero-order valence-electron chi connectivity index (χ0n) is 23.7. The number of rotatable bonds is 3. The van der Waals surface area contributed by atoms with Crippen LogP contribution in [-0.4, -0.2) is 9.38 Å². The largest absolute Gasteiger partial charge is 0.268 e. The zero-order chi connectivity index (χ0) is 29.1. The molecule has 1 atom stereocenters. The molecular weight excluding hydrogens is 526 g/mol. The van der Waals surface area contributed by atoms with Gasteiger partial charge >= 0.3 is 0 Å². The minimum Gasteiger partial charge on any atom is -0.268 e. The lowest BCUT2D eigenvalue weighted by atomic mass is 9.83. The van der Waals surface area contributed by atoms with E-state index in [1.807, 2.05) is 73.7 Å². The smallest absolute Gasteiger partial charge is 0.264 e. The summed E-state index contributed by atoms with van der Waals surface area (Å²) in [6, 6.07) is 37.4. The zero-order valence-corrected chi connectivity index (χ0v) is 23.7. The first-order chi connectivity index (χ1) is 21.0. The molecule has 0 saturated carbocycles. The lowest BCUT2D eigenvalue weighted by molar-refractivity contribution is 0.786. The van der Waals surface area contributed by atoms with Gasteiger partial charge in [0.15, 0.2) is 0 Å². The van der Waals surface area contributed by atoms with Gasteiger partial charge in [0.2, 0.25) is 0 Å². The molecule has 4 heteroatoms. The van der Waals surface area contributed by atoms with Gasteiger partial charge in [0.25, 0.3) is 5.56 Å². The minimum absolute atomic E-state index is 0.141. The first-order valence-electron chi connectivity index (χ1n) is 14.6. The quantitative estimate of drug-likeness (QED) is 0.226. The Morgan fingerprint density at radius 2 is 1.44 bits per heavy atom. The Kier molecular flexibility index (Phi) is 5.57. The minimum atomic E-state index is -0.968. The van der Waals surface area contributed by atoms with Crippen LogP contribution in [0.15, 0.2) is 120 Å². The molecule has 0 aliphatic heterocycles. The van der Waals surface area contributed by atoms with Crippen LogP contribution in [0.1, 0.15) is 30.0 Å². The topological polar surface area (TPSA) is 58.2 Å². The van der Waals surface area contributed by atoms with Gasteiger partial charge in [-0.3, -0.25) is 9.20 Å². The molecule has 204 valence electrons. The predicted molar refractivity (Wildman–Crippen MR) is 174 cm³/mol. The molecule has 0 saturated heterocycles. The van der Waals surface area contributed by atoms with Gasteiger partial charge in [-0.05, 0) is 71.4 Å². The number of nitrogens with zero attached hydrogens (tertiary/aromatic N) is 3. The fourth-order valence-electron chi connectivity index (χ4n) is 6.75. The van der Waals surface area contributed by atoms with E-state index < -0.39 is 5.41 Å². The Labute approximate surface area is 249 Å². The summed E-state index contributed by atoms with van der Waals surface area (Å²) < 4.78 is 1.80. The van der Waals surface area contributed by atoms with Crippen molar-refractivity contribution in [1.29, 1.82) is 5.26 Å². The first-order valence-corrected chi connectivity index (χ1v) is 14.6. The molecule has 0 amide bonds. The summed E-state index contributed by atoms with van der Waals surface area (Å²) in [4.78, 5) is 20.0. The van der Waals surface area contributed by atoms with Gasteiger partial charge in [-0.15, -0.1) is 0 Å². The molecular formula is C39H27N3O. The molecule has 1 unspecified atom stereocenters. The molecule has 2 heterocycles. The fourth-order valence-corrected chi connectivity index (χ4v) is 6.75. The molecule has 4 aromatic carbocycles. The Morgan fingerprint density at radius 3 is 2.12 bits per heavy atom. The number of hydrogen-bond donors (Lipinski definition) is 0. The predicted octanol–water partition coefficient (Wildman–Crippen LogP) is 7.64. The third-order valence-electron chi connectivity index (χ3n) is 8.74. The summed E-state index contributed by atoms with van der Waals surface area (Å²) in [6.45, 7) is 1.89. The number of nitriles is 1. The summed E-state index contributed by atoms with van der Waals surface area (Å²) in [5, 5.41) is 11.0. The van der Waals surface area contributed by atoms with Gasteiger partial charge in [-0.25, -0.2) is 4.98 Å². The summed E-state index contributed by atoms with van der Waals surface area (Å²) in [5.41, 5.74) is 10.3. The van der Waals surface area contributed by atoms with Crippen LogP contribution in [-0.2, 0) is 6.42 Å². The highest BCUT2D eigenvalue weighted by Crippen LogP contribution is 2.42. The normalized spacial score (nSPS) is 17.4. The number of aromatic nitrogens is 2. The number of benzene rings is 4. The summed E-state index contributed by atoms with van der Waals surface area (Å²) in [7, 11) is 0. The molecule has 2 aliphatic carbocycles. The van der Waals surface area contributed by atoms with Crippen molar-refractivity contribution in [1.82, 2.24) is 9.38 Å². The lowest BCUT2D eigenvalue weighted by Gasteiger charge is -2.21. The molecule has 4 nitrogen and oxygen atoms in total. The number of aryl methyl sites for hydroxylation is 1. The molecule has 0 fully saturated rings. The highest BCUT2D eigenvalue weighted by atomic mass is 16.1. The Bertz CT molecular complexity index is 2310. The van der Waals surface area contributed by atoms with Crippen LogP contribution in [0.4, 0.5) is 0 Å². The van der Waals surface area contributed by atoms with E-state index in [9.17, 15) is 10.1 Å². The summed E-state index contributed by atoms with van der Waals surface area (Å²) in [5.74, 6) is 0. The van der Waals surface area contributed by atoms with Gasteiger partial charge in [0.05, 0.1) is 22.5 Å². The Balaban J connectivity index is 1.52. The van der Waals surface area contributed by atoms with Crippen LogP contribution in [0.3, 0.4) is 0 Å². The molecule has 43 heavy (non-hydrogen) atoms. The van der Waals surface area contributed by atoms with Crippen molar-refractivity contribution in [2.45, 2.75) is 19.8 Å². The van der Waals surface area contributed by atoms with Crippen molar-refractivity contribution >= 4 is 33.9 Å². The monoisotopic (exact) mass is 553 g/mol. The second-order valence-electron chi connectivity index (χ2n) is 11.6. The SMILES string of the molecule is CC1(C#N)C=C(c2ccccc2)C2=CCCc3c2c(c(=O)n2c3nc3c(-c4ccccc4)cc(-c4ccccc4)cc32)=C1. The summed E-state index contributed by atoms with van der Waals surface area (Å²) in [6.07, 6.45) is 7.71. The van der Waals surface area contributed by atoms with Crippen LogP contribution in [0.25, 0.3) is 56.2 Å². The maximum Gasteiger partial charge on any atom is 0.264 e. The van der Waals surface area contributed by atoms with E-state index in [-0.39, 0.29) is 5.56 Å². The maximum absolute atomic E-state index is 14.7. The van der Waals surface area contributed by atoms with Gasteiger partial charge < -0.3 is 0 Å². The van der Waals surface area contributed by atoms with E-state index in [4.69, 9.17) is 4.98 Å². The van der Waals surface area contributed by atoms with Crippen LogP contribution in [0, 0.1) is 16.7 Å². The average Bonchev–Trinajstić information content (AvgIpc) is 3.39. The van der Waals surface area contributed by atoms with E-state index in [1.165, 1.54) is 0 Å². The first kappa shape index (κ1) is 25.2. The summed E-state index contributed by atoms with van der Waals surface area (Å²) >= 11 is 0. The molecule has 8 rings (SSSR count). The van der Waals surface area contributed by atoms with E-state index in [0.29, 0.717) is 10.9 Å². The molecule has 2 aliphatic rings. The van der Waals surface area contributed by atoms with Crippen LogP contribution in [0.5, 0.6) is 0 Å². The van der Waals surface area contributed by atoms with Crippen LogP contribution >= 0.6 is 0 Å². The van der Waals surface area contributed by atoms with Crippen molar-refractivity contribution in [2.24, 2.45) is 5.41 Å². The molecule has 6 aromatic rings. The third kappa shape index (κ3) is 3.90. The highest BCUT2D eigenvalue weighted by Gasteiger charge is 2.31. The molecule has 2 aromatic heterocycles. The van der Waals surface area contributed by atoms with Crippen molar-refractivity contribution in [3.63, 3.8) is 0 Å². The second-order valence-corrected chi connectivity index (χ2v) is 11.6. The van der Waals surface area contributed by atoms with Gasteiger partial charge in [0, 0.05) is 21.9 Å². The van der Waals surface area contributed by atoms with E-state index in [2.05, 4.69) is 60.7 Å². The number of allylic oxidation sites excluding steroid dienone is 4. The fraction of sp³-hybridized carbons (Fsp3) is 0.103. The third-order valence-corrected chi connectivity index (χ3v) is 8.74. The number of hydrogen-bond acceptors (Lipinski definition) is 3. The molecule has 0 bridgehead atoms. The van der Waals surface area contributed by atoms with E-state index in [1.54, 1.807) is 4.40 Å². The average molecular weight is 554 g/mol. The van der Waals surface area contributed by atoms with E-state index >= 15 is 0 Å². The Morgan fingerprint density at radius 1 is 0.791 bits per heavy atom. The number of imidazole rings is 1. The van der Waals surface area contributed by atoms with Gasteiger partial charge in [-0.2, -0.15) is 5.26 Å². The molecule has 0 radical (unpaired) electrons. The van der Waals surface area contributed by atoms with Gasteiger partial charge in [-0.1, -0.05) is 103 Å². The standard InChI is InChI=1S/C39H27N3O/c1-39(24-40)22-32(27-16-9-4-10-17-27)29-18-11-19-30-35(29)33(23-39)38(43)42-34-21-28(25-12-5-2-6-13-25)20-31(36(34)41-37(30)42)26-14-7-3-8-15-26/h2-10,12-18,20-23H,11,19H2,1H3. The highest BCUT2D eigenvalue weighted by molar-refractivity contribution is 6.08. The second kappa shape index (κ2) is 9.51. The maximum atomic E-state index is 14.7. The molecule has 0 spiro atoms. The van der Waals surface area contributed by atoms with Crippen molar-refractivity contribution in [3.8, 4) is 28.3 Å². The van der Waals surface area contributed by atoms with Crippen molar-refractivity contribution in [3.05, 3.63) is 148 Å².